The number of imidazole rings is 2. The van der Waals surface area contributed by atoms with E-state index in [1.165, 1.54) is 21.8 Å². The Morgan fingerprint density at radius 3 is 2.40 bits per heavy atom. The Kier molecular flexibility index (Phi) is 10.7. The molecule has 5 N–H and O–H groups in total. The third-order valence-corrected chi connectivity index (χ3v) is 11.3. The molecule has 1 amide bonds. The third kappa shape index (κ3) is 7.61. The van der Waals surface area contributed by atoms with Crippen LogP contribution in [0.4, 0.5) is 25.2 Å². The van der Waals surface area contributed by atoms with Crippen molar-refractivity contribution >= 4 is 78.1 Å². The van der Waals surface area contributed by atoms with Crippen LogP contribution in [0.5, 0.6) is 0 Å². The lowest BCUT2D eigenvalue weighted by Crippen LogP contribution is -2.46. The van der Waals surface area contributed by atoms with Crippen molar-refractivity contribution in [1.82, 2.24) is 44.4 Å². The number of carbonyl (C=O) groups excluding carboxylic acids is 1. The molecule has 4 aromatic heterocycles. The fourth-order valence-corrected chi connectivity index (χ4v) is 8.60. The first-order valence-corrected chi connectivity index (χ1v) is 21.3. The van der Waals surface area contributed by atoms with Crippen molar-refractivity contribution in [2.45, 2.75) is 68.0 Å². The van der Waals surface area contributed by atoms with Crippen LogP contribution in [-0.4, -0.2) is 113 Å². The Morgan fingerprint density at radius 1 is 1.04 bits per heavy atom. The highest BCUT2D eigenvalue weighted by Crippen LogP contribution is 2.61. The molecule has 27 heteroatoms. The highest BCUT2D eigenvalue weighted by Gasteiger charge is 2.61. The molecule has 2 saturated heterocycles. The quantitative estimate of drug-likeness (QED) is 0.0643. The van der Waals surface area contributed by atoms with Gasteiger partial charge < -0.3 is 30.2 Å². The van der Waals surface area contributed by atoms with Gasteiger partial charge in [0.15, 0.2) is 53.2 Å². The molecule has 3 fully saturated rings. The molecule has 288 valence electrons. The molecule has 6 heterocycles. The second-order valence-corrected chi connectivity index (χ2v) is 17.8. The van der Waals surface area contributed by atoms with Gasteiger partial charge in [-0.25, -0.2) is 52.6 Å². The van der Waals surface area contributed by atoms with E-state index in [0.717, 1.165) is 12.7 Å². The van der Waals surface area contributed by atoms with Crippen molar-refractivity contribution < 1.29 is 55.4 Å². The summed E-state index contributed by atoms with van der Waals surface area (Å²) in [6.45, 7) is -9.54. The van der Waals surface area contributed by atoms with Crippen LogP contribution < -0.4 is 16.4 Å². The fourth-order valence-electron chi connectivity index (χ4n) is 6.30. The topological polar surface area (TPSA) is 264 Å². The number of nitrogens with one attached hydrogen (secondary N) is 2. The summed E-state index contributed by atoms with van der Waals surface area (Å²) < 4.78 is 93.8. The van der Waals surface area contributed by atoms with Crippen LogP contribution in [0.1, 0.15) is 31.7 Å². The summed E-state index contributed by atoms with van der Waals surface area (Å²) in [7, 11) is 1.68. The number of nitrogens with zero attached hydrogens (tertiary/aromatic N) is 8. The number of anilines is 2. The van der Waals surface area contributed by atoms with E-state index >= 15 is 8.78 Å². The number of halogens is 2. The maximum atomic E-state index is 16.1. The van der Waals surface area contributed by atoms with E-state index in [2.05, 4.69) is 65.0 Å². The molecule has 2 aliphatic heterocycles. The Hall–Kier alpha value is -3.09. The number of carbonyl (C=O) groups is 1. The van der Waals surface area contributed by atoms with Crippen molar-refractivity contribution in [3.63, 3.8) is 0 Å². The van der Waals surface area contributed by atoms with Gasteiger partial charge in [-0.2, -0.15) is 0 Å². The fraction of sp³-hybridized carbons (Fsp3) is 0.577. The van der Waals surface area contributed by atoms with Crippen LogP contribution in [0.25, 0.3) is 22.3 Å². The average Bonchev–Trinajstić information content (AvgIpc) is 3.84. The van der Waals surface area contributed by atoms with Crippen LogP contribution >= 0.6 is 38.1 Å². The van der Waals surface area contributed by atoms with E-state index in [-0.39, 0.29) is 40.6 Å². The molecular formula is C26H33F2N11O10P2S2. The van der Waals surface area contributed by atoms with Gasteiger partial charge in [-0.15, -0.1) is 0 Å². The van der Waals surface area contributed by atoms with Gasteiger partial charge in [0.25, 0.3) is 0 Å². The maximum absolute atomic E-state index is 16.1. The number of hydrogen-bond acceptors (Lipinski definition) is 17. The lowest BCUT2D eigenvalue weighted by molar-refractivity contribution is -0.134. The minimum absolute atomic E-state index is 0.00160. The number of rotatable bonds is 13. The number of thiol groups is 2. The smallest absolute Gasteiger partial charge is 0.412 e. The summed E-state index contributed by atoms with van der Waals surface area (Å²) in [4.78, 5) is 46.8. The zero-order chi connectivity index (χ0) is 37.7. The number of alkyl halides is 2. The predicted molar refractivity (Wildman–Crippen MR) is 185 cm³/mol. The van der Waals surface area contributed by atoms with E-state index in [1.54, 1.807) is 7.05 Å². The van der Waals surface area contributed by atoms with Gasteiger partial charge in [-0.3, -0.25) is 28.0 Å². The number of fused-ring (bicyclic) bond motifs is 2. The van der Waals surface area contributed by atoms with Crippen molar-refractivity contribution in [3.8, 4) is 0 Å². The Labute approximate surface area is 308 Å². The highest BCUT2D eigenvalue weighted by molar-refractivity contribution is 8.44. The van der Waals surface area contributed by atoms with E-state index in [1.807, 2.05) is 0 Å². The number of nitrogen functional groups attached to an aromatic ring is 1. The number of hydrogen-bond donors (Lipinski definition) is 6. The third-order valence-electron chi connectivity index (χ3n) is 8.91. The molecule has 21 nitrogen and oxygen atoms in total. The number of likely N-dealkylation sites (N-methyl/N-ethyl adjacent to an activating group) is 1. The Bertz CT molecular complexity index is 2090. The summed E-state index contributed by atoms with van der Waals surface area (Å²) in [6, 6.07) is 0. The molecule has 1 aliphatic carbocycles. The first kappa shape index (κ1) is 38.2. The lowest BCUT2D eigenvalue weighted by Gasteiger charge is -2.39. The maximum Gasteiger partial charge on any atom is 0.412 e. The summed E-state index contributed by atoms with van der Waals surface area (Å²) in [5.41, 5.74) is 5.14. The molecule has 4 aromatic rings. The largest absolute Gasteiger partial charge is 0.448 e. The van der Waals surface area contributed by atoms with E-state index in [9.17, 15) is 18.8 Å². The van der Waals surface area contributed by atoms with Crippen LogP contribution in [0.15, 0.2) is 25.3 Å². The molecule has 1 saturated carbocycles. The van der Waals surface area contributed by atoms with E-state index in [4.69, 9.17) is 33.5 Å². The second kappa shape index (κ2) is 14.9. The standard InChI is InChI=1S/C26H33F2N11O10P2S2/c1-30-5-6-44-25(40)37-20-15-22(34-9-32-20)38(11-36-15)23-16(48-50(41,42)52)13(27)12(46-23)7-45-51(43,53)49-17-18(28)26(3-2-4-26)47-24(17)39-10-35-14-19(29)31-8-33-21(14)39/h8-13,16-18,23-24,30H,2-7H2,1H3,(H,43,53)(H2,29,31,33)(H2,41,42,52)(H,32,34,37,40)/t12-,13-,16-,17-,18+,23-,24-,51?/m1/s1. The molecule has 0 aromatic carbocycles. The Morgan fingerprint density at radius 2 is 1.72 bits per heavy atom. The van der Waals surface area contributed by atoms with Crippen molar-refractivity contribution in [1.29, 1.82) is 0 Å². The lowest BCUT2D eigenvalue weighted by atomic mass is 9.76. The number of ether oxygens (including phenoxy) is 3. The van der Waals surface area contributed by atoms with E-state index in [0.29, 0.717) is 25.8 Å². The molecule has 53 heavy (non-hydrogen) atoms. The number of nitrogens with two attached hydrogens (primary N) is 1. The number of amides is 1. The summed E-state index contributed by atoms with van der Waals surface area (Å²) >= 11 is 7.59. The summed E-state index contributed by atoms with van der Waals surface area (Å²) in [6.07, 6.45) is -6.46. The molecule has 2 unspecified atom stereocenters. The van der Waals surface area contributed by atoms with Gasteiger partial charge in [-0.05, 0) is 26.3 Å². The molecule has 0 bridgehead atoms. The van der Waals surface area contributed by atoms with E-state index < -0.39 is 75.0 Å². The van der Waals surface area contributed by atoms with Gasteiger partial charge in [0.05, 0.1) is 19.3 Å². The molecule has 3 aliphatic rings. The van der Waals surface area contributed by atoms with Gasteiger partial charge in [0.2, 0.25) is 0 Å². The van der Waals surface area contributed by atoms with Gasteiger partial charge in [-0.1, -0.05) is 24.5 Å². The van der Waals surface area contributed by atoms with Gasteiger partial charge in [0.1, 0.15) is 48.7 Å². The first-order valence-electron chi connectivity index (χ1n) is 15.9. The second-order valence-electron chi connectivity index (χ2n) is 12.2. The minimum Gasteiger partial charge on any atom is -0.448 e. The molecule has 7 rings (SSSR count). The average molecular weight is 824 g/mol. The zero-order valence-corrected chi connectivity index (χ0v) is 31.0. The molecule has 1 spiro atoms. The normalized spacial score (nSPS) is 28.9. The van der Waals surface area contributed by atoms with Crippen molar-refractivity contribution in [3.05, 3.63) is 25.3 Å². The van der Waals surface area contributed by atoms with Crippen molar-refractivity contribution in [2.75, 3.05) is 37.9 Å². The minimum atomic E-state index is -4.65. The summed E-state index contributed by atoms with van der Waals surface area (Å²) in [5, 5.41) is 5.26. The van der Waals surface area contributed by atoms with Crippen LogP contribution in [0, 0.1) is 0 Å². The first-order chi connectivity index (χ1) is 25.2. The monoisotopic (exact) mass is 823 g/mol. The Balaban J connectivity index is 1.09. The van der Waals surface area contributed by atoms with Crippen LogP contribution in [0.3, 0.4) is 0 Å². The van der Waals surface area contributed by atoms with Crippen LogP contribution in [0.2, 0.25) is 0 Å². The summed E-state index contributed by atoms with van der Waals surface area (Å²) in [5.74, 6) is 0.0128. The number of aromatic nitrogens is 8. The van der Waals surface area contributed by atoms with Crippen molar-refractivity contribution in [2.24, 2.45) is 0 Å². The van der Waals surface area contributed by atoms with Crippen LogP contribution in [-0.2, 0) is 36.9 Å². The van der Waals surface area contributed by atoms with Gasteiger partial charge in [0, 0.05) is 6.54 Å². The molecular weight excluding hydrogens is 790 g/mol. The molecule has 9 atom stereocenters. The van der Waals surface area contributed by atoms with Gasteiger partial charge >= 0.3 is 19.7 Å². The molecule has 0 radical (unpaired) electrons. The predicted octanol–water partition coefficient (Wildman–Crippen LogP) is 2.90. The highest BCUT2D eigenvalue weighted by atomic mass is 32.7. The SMILES string of the molecule is CNCCOC(=O)Nc1ncnc2c1ncn2[C@@H]1O[C@H](COP(=O)(S)O[C@H]2[C@H](n3cnc4c(N)ncnc43)OC3(CCC3)[C@H]2F)[C@@H](F)[C@H]1OP(=O)(O)S. The zero-order valence-electron chi connectivity index (χ0n) is 27.4.